The third-order valence-corrected chi connectivity index (χ3v) is 4.26. The largest absolute Gasteiger partial charge is 0.497 e. The van der Waals surface area contributed by atoms with Gasteiger partial charge in [-0.2, -0.15) is 5.10 Å². The van der Waals surface area contributed by atoms with Crippen LogP contribution in [0.2, 0.25) is 0 Å². The zero-order chi connectivity index (χ0) is 19.9. The lowest BCUT2D eigenvalue weighted by Gasteiger charge is -2.14. The molecule has 0 fully saturated rings. The van der Waals surface area contributed by atoms with Crippen molar-refractivity contribution in [2.75, 3.05) is 25.6 Å². The molecular formula is C21H24N4O3. The molecule has 3 aromatic rings. The molecule has 0 atom stereocenters. The molecule has 0 aliphatic heterocycles. The Morgan fingerprint density at radius 3 is 2.61 bits per heavy atom. The normalized spacial score (nSPS) is 10.5. The van der Waals surface area contributed by atoms with Gasteiger partial charge in [0, 0.05) is 31.0 Å². The number of amides is 1. The standard InChI is InChI=1S/C21H24N4O3/c1-25-19(9-11-23-25)18-14-16(5-8-20(18)28-12-10-22)24-21(26)13-15-3-6-17(27-2)7-4-15/h3-9,11,14H,10,12-13,22H2,1-2H3,(H,24,26). The molecule has 1 amide bonds. The average molecular weight is 380 g/mol. The zero-order valence-electron chi connectivity index (χ0n) is 16.0. The van der Waals surface area contributed by atoms with Crippen molar-refractivity contribution in [3.05, 3.63) is 60.3 Å². The lowest BCUT2D eigenvalue weighted by Crippen LogP contribution is -2.15. The second-order valence-corrected chi connectivity index (χ2v) is 6.26. The number of nitrogens with one attached hydrogen (secondary N) is 1. The van der Waals surface area contributed by atoms with E-state index in [2.05, 4.69) is 10.4 Å². The highest BCUT2D eigenvalue weighted by molar-refractivity contribution is 5.93. The first-order valence-corrected chi connectivity index (χ1v) is 8.99. The van der Waals surface area contributed by atoms with Gasteiger partial charge >= 0.3 is 0 Å². The molecule has 0 bridgehead atoms. The molecule has 0 aliphatic rings. The van der Waals surface area contributed by atoms with Crippen molar-refractivity contribution in [1.29, 1.82) is 0 Å². The van der Waals surface area contributed by atoms with Crippen LogP contribution in [-0.4, -0.2) is 35.9 Å². The summed E-state index contributed by atoms with van der Waals surface area (Å²) in [5.74, 6) is 1.36. The Labute approximate surface area is 164 Å². The number of methoxy groups -OCH3 is 1. The summed E-state index contributed by atoms with van der Waals surface area (Å²) in [5.41, 5.74) is 8.89. The monoisotopic (exact) mass is 380 g/mol. The summed E-state index contributed by atoms with van der Waals surface area (Å²) in [6.45, 7) is 0.833. The van der Waals surface area contributed by atoms with Crippen LogP contribution in [-0.2, 0) is 18.3 Å². The van der Waals surface area contributed by atoms with Gasteiger partial charge in [-0.3, -0.25) is 9.48 Å². The lowest BCUT2D eigenvalue weighted by atomic mass is 10.1. The first-order chi connectivity index (χ1) is 13.6. The predicted molar refractivity (Wildman–Crippen MR) is 109 cm³/mol. The van der Waals surface area contributed by atoms with Gasteiger partial charge in [0.1, 0.15) is 18.1 Å². The van der Waals surface area contributed by atoms with Crippen molar-refractivity contribution in [3.63, 3.8) is 0 Å². The molecule has 0 saturated heterocycles. The number of hydrogen-bond acceptors (Lipinski definition) is 5. The van der Waals surface area contributed by atoms with E-state index in [1.165, 1.54) is 0 Å². The van der Waals surface area contributed by atoms with Crippen molar-refractivity contribution in [1.82, 2.24) is 9.78 Å². The van der Waals surface area contributed by atoms with Crippen molar-refractivity contribution in [3.8, 4) is 22.8 Å². The number of rotatable bonds is 8. The molecule has 0 spiro atoms. The van der Waals surface area contributed by atoms with Gasteiger partial charge in [0.05, 0.1) is 19.2 Å². The van der Waals surface area contributed by atoms with Gasteiger partial charge in [-0.05, 0) is 42.0 Å². The van der Waals surface area contributed by atoms with E-state index in [-0.39, 0.29) is 12.3 Å². The fourth-order valence-electron chi connectivity index (χ4n) is 2.87. The third-order valence-electron chi connectivity index (χ3n) is 4.26. The number of benzene rings is 2. The fraction of sp³-hybridized carbons (Fsp3) is 0.238. The van der Waals surface area contributed by atoms with Crippen molar-refractivity contribution >= 4 is 11.6 Å². The zero-order valence-corrected chi connectivity index (χ0v) is 16.0. The first-order valence-electron chi connectivity index (χ1n) is 8.99. The Morgan fingerprint density at radius 1 is 1.18 bits per heavy atom. The number of nitrogens with two attached hydrogens (primary N) is 1. The molecule has 3 N–H and O–H groups in total. The molecule has 7 nitrogen and oxygen atoms in total. The van der Waals surface area contributed by atoms with Crippen LogP contribution in [0.1, 0.15) is 5.56 Å². The number of aromatic nitrogens is 2. The maximum atomic E-state index is 12.5. The molecule has 0 unspecified atom stereocenters. The molecule has 2 aromatic carbocycles. The van der Waals surface area contributed by atoms with Crippen molar-refractivity contribution < 1.29 is 14.3 Å². The van der Waals surface area contributed by atoms with Crippen LogP contribution in [0.15, 0.2) is 54.7 Å². The second kappa shape index (κ2) is 9.05. The highest BCUT2D eigenvalue weighted by atomic mass is 16.5. The molecule has 7 heteroatoms. The van der Waals surface area contributed by atoms with Gasteiger partial charge in [0.15, 0.2) is 0 Å². The van der Waals surface area contributed by atoms with E-state index in [9.17, 15) is 4.79 Å². The number of carbonyl (C=O) groups is 1. The maximum Gasteiger partial charge on any atom is 0.228 e. The number of aryl methyl sites for hydroxylation is 1. The number of nitrogens with zero attached hydrogens (tertiary/aromatic N) is 2. The summed E-state index contributed by atoms with van der Waals surface area (Å²) in [7, 11) is 3.47. The van der Waals surface area contributed by atoms with Crippen molar-refractivity contribution in [2.24, 2.45) is 12.8 Å². The van der Waals surface area contributed by atoms with Gasteiger partial charge in [0.2, 0.25) is 5.91 Å². The van der Waals surface area contributed by atoms with Crippen LogP contribution in [0.5, 0.6) is 11.5 Å². The third kappa shape index (κ3) is 4.69. The first kappa shape index (κ1) is 19.4. The smallest absolute Gasteiger partial charge is 0.228 e. The number of ether oxygens (including phenoxy) is 2. The minimum Gasteiger partial charge on any atom is -0.497 e. The minimum atomic E-state index is -0.100. The minimum absolute atomic E-state index is 0.100. The van der Waals surface area contributed by atoms with Gasteiger partial charge in [-0.25, -0.2) is 0 Å². The second-order valence-electron chi connectivity index (χ2n) is 6.26. The molecule has 3 rings (SSSR count). The summed E-state index contributed by atoms with van der Waals surface area (Å²) in [6.07, 6.45) is 1.99. The average Bonchev–Trinajstić information content (AvgIpc) is 3.13. The topological polar surface area (TPSA) is 91.4 Å². The van der Waals surface area contributed by atoms with Gasteiger partial charge in [-0.15, -0.1) is 0 Å². The van der Waals surface area contributed by atoms with Crippen LogP contribution in [0, 0.1) is 0 Å². The summed E-state index contributed by atoms with van der Waals surface area (Å²) < 4.78 is 12.6. The van der Waals surface area contributed by atoms with Crippen LogP contribution < -0.4 is 20.5 Å². The van der Waals surface area contributed by atoms with Gasteiger partial charge in [-0.1, -0.05) is 12.1 Å². The summed E-state index contributed by atoms with van der Waals surface area (Å²) >= 11 is 0. The molecule has 1 aromatic heterocycles. The quantitative estimate of drug-likeness (QED) is 0.627. The van der Waals surface area contributed by atoms with Crippen LogP contribution in [0.3, 0.4) is 0 Å². The SMILES string of the molecule is COc1ccc(CC(=O)Nc2ccc(OCCN)c(-c3ccnn3C)c2)cc1. The van der Waals surface area contributed by atoms with Crippen LogP contribution in [0.25, 0.3) is 11.3 Å². The molecule has 0 saturated carbocycles. The lowest BCUT2D eigenvalue weighted by molar-refractivity contribution is -0.115. The Kier molecular flexibility index (Phi) is 6.29. The molecule has 1 heterocycles. The summed E-state index contributed by atoms with van der Waals surface area (Å²) in [4.78, 5) is 12.5. The highest BCUT2D eigenvalue weighted by Gasteiger charge is 2.13. The number of anilines is 1. The van der Waals surface area contributed by atoms with Crippen LogP contribution >= 0.6 is 0 Å². The van der Waals surface area contributed by atoms with Gasteiger partial charge in [0.25, 0.3) is 0 Å². The molecule has 28 heavy (non-hydrogen) atoms. The molecule has 146 valence electrons. The Bertz CT molecular complexity index is 935. The Balaban J connectivity index is 1.77. The molecular weight excluding hydrogens is 356 g/mol. The molecule has 0 radical (unpaired) electrons. The maximum absolute atomic E-state index is 12.5. The number of hydrogen-bond donors (Lipinski definition) is 2. The van der Waals surface area contributed by atoms with E-state index in [4.69, 9.17) is 15.2 Å². The van der Waals surface area contributed by atoms with E-state index in [1.807, 2.05) is 55.6 Å². The Morgan fingerprint density at radius 2 is 1.96 bits per heavy atom. The highest BCUT2D eigenvalue weighted by Crippen LogP contribution is 2.32. The van der Waals surface area contributed by atoms with Crippen LogP contribution in [0.4, 0.5) is 5.69 Å². The van der Waals surface area contributed by atoms with E-state index >= 15 is 0 Å². The number of carbonyl (C=O) groups excluding carboxylic acids is 1. The Hall–Kier alpha value is -3.32. The van der Waals surface area contributed by atoms with E-state index < -0.39 is 0 Å². The van der Waals surface area contributed by atoms with E-state index in [0.29, 0.717) is 24.6 Å². The summed E-state index contributed by atoms with van der Waals surface area (Å²) in [6, 6.07) is 14.9. The summed E-state index contributed by atoms with van der Waals surface area (Å²) in [5, 5.41) is 7.16. The van der Waals surface area contributed by atoms with E-state index in [0.717, 1.165) is 22.6 Å². The van der Waals surface area contributed by atoms with Gasteiger partial charge < -0.3 is 20.5 Å². The fourth-order valence-corrected chi connectivity index (χ4v) is 2.87. The molecule has 0 aliphatic carbocycles. The van der Waals surface area contributed by atoms with Crippen molar-refractivity contribution in [2.45, 2.75) is 6.42 Å². The van der Waals surface area contributed by atoms with E-state index in [1.54, 1.807) is 18.0 Å². The predicted octanol–water partition coefficient (Wildman–Crippen LogP) is 2.61.